The second-order valence-corrected chi connectivity index (χ2v) is 12.6. The SMILES string of the molecule is C/C=C/C=C/C(=O)N[C@@H](Cc1ccccc1)C(=O)N[C@@H]1COC(=O)[C@@H]2CCCN2C(=O)[C@H](C)NC(=O)[C@H](C)N(C)C(=O)[C@@H]2CCCN2C1=O. The predicted molar refractivity (Wildman–Crippen MR) is 178 cm³/mol. The van der Waals surface area contributed by atoms with Crippen molar-refractivity contribution in [3.8, 4) is 0 Å². The number of allylic oxidation sites excluding steroid dienone is 3. The van der Waals surface area contributed by atoms with E-state index in [-0.39, 0.29) is 19.5 Å². The topological polar surface area (TPSA) is 175 Å². The molecule has 3 aliphatic rings. The molecule has 49 heavy (non-hydrogen) atoms. The second-order valence-electron chi connectivity index (χ2n) is 12.6. The van der Waals surface area contributed by atoms with Gasteiger partial charge in [-0.2, -0.15) is 0 Å². The Morgan fingerprint density at radius 3 is 2.27 bits per heavy atom. The second kappa shape index (κ2) is 16.9. The quantitative estimate of drug-likeness (QED) is 0.209. The van der Waals surface area contributed by atoms with E-state index in [2.05, 4.69) is 16.0 Å². The maximum Gasteiger partial charge on any atom is 0.328 e. The molecule has 264 valence electrons. The highest BCUT2D eigenvalue weighted by atomic mass is 16.5. The van der Waals surface area contributed by atoms with Gasteiger partial charge in [-0.1, -0.05) is 48.6 Å². The van der Waals surface area contributed by atoms with Crippen molar-refractivity contribution in [3.05, 3.63) is 60.2 Å². The van der Waals surface area contributed by atoms with Crippen molar-refractivity contribution in [2.24, 2.45) is 0 Å². The van der Waals surface area contributed by atoms with E-state index in [4.69, 9.17) is 4.74 Å². The number of amides is 6. The molecule has 3 fully saturated rings. The van der Waals surface area contributed by atoms with Crippen LogP contribution in [0.5, 0.6) is 0 Å². The standard InChI is InChI=1S/C35H46N6O8/c1-5-6-8-17-29(42)37-25(20-24-13-9-7-10-14-24)31(44)38-26-21-49-35(48)28-16-12-19-41(28)32(45)22(2)36-30(43)23(3)39(4)34(47)27-15-11-18-40(27)33(26)46/h5-10,13-14,17,22-23,25-28H,11-12,15-16,18-21H2,1-4H3,(H,36,43)(H,37,42)(H,38,44)/b6-5+,17-8+/t22-,23-,25-,26+,27-,28-/m0/s1. The molecule has 3 heterocycles. The molecule has 3 N–H and O–H groups in total. The van der Waals surface area contributed by atoms with Gasteiger partial charge >= 0.3 is 5.97 Å². The molecule has 0 aliphatic carbocycles. The number of rotatable bonds is 7. The maximum absolute atomic E-state index is 14.2. The third-order valence-corrected chi connectivity index (χ3v) is 9.14. The van der Waals surface area contributed by atoms with E-state index in [1.807, 2.05) is 6.07 Å². The molecule has 14 nitrogen and oxygen atoms in total. The Bertz CT molecular complexity index is 1480. The number of nitrogens with zero attached hydrogens (tertiary/aromatic N) is 3. The summed E-state index contributed by atoms with van der Waals surface area (Å²) in [5.41, 5.74) is 0.753. The van der Waals surface area contributed by atoms with E-state index < -0.39 is 84.3 Å². The number of hydrogen-bond acceptors (Lipinski definition) is 8. The normalized spacial score (nSPS) is 26.4. The number of carbonyl (C=O) groups excluding carboxylic acids is 7. The van der Waals surface area contributed by atoms with Gasteiger partial charge in [0.25, 0.3) is 0 Å². The van der Waals surface area contributed by atoms with Crippen molar-refractivity contribution in [2.75, 3.05) is 26.7 Å². The first-order valence-corrected chi connectivity index (χ1v) is 16.7. The Balaban J connectivity index is 1.65. The maximum atomic E-state index is 14.2. The van der Waals surface area contributed by atoms with Crippen LogP contribution in [0.4, 0.5) is 0 Å². The largest absolute Gasteiger partial charge is 0.461 e. The predicted octanol–water partition coefficient (Wildman–Crippen LogP) is 0.221. The van der Waals surface area contributed by atoms with E-state index >= 15 is 0 Å². The molecule has 0 bridgehead atoms. The minimum atomic E-state index is -1.41. The lowest BCUT2D eigenvalue weighted by Crippen LogP contribution is -2.60. The smallest absolute Gasteiger partial charge is 0.328 e. The lowest BCUT2D eigenvalue weighted by molar-refractivity contribution is -0.158. The van der Waals surface area contributed by atoms with Crippen molar-refractivity contribution in [3.63, 3.8) is 0 Å². The van der Waals surface area contributed by atoms with E-state index in [1.165, 1.54) is 47.7 Å². The zero-order valence-corrected chi connectivity index (χ0v) is 28.4. The monoisotopic (exact) mass is 678 g/mol. The van der Waals surface area contributed by atoms with Gasteiger partial charge in [0.1, 0.15) is 42.9 Å². The fourth-order valence-corrected chi connectivity index (χ4v) is 6.25. The fourth-order valence-electron chi connectivity index (χ4n) is 6.25. The molecular weight excluding hydrogens is 632 g/mol. The molecule has 4 rings (SSSR count). The number of hydrogen-bond donors (Lipinski definition) is 3. The number of nitrogens with one attached hydrogen (secondary N) is 3. The minimum absolute atomic E-state index is 0.101. The molecule has 14 heteroatoms. The molecule has 1 aromatic rings. The zero-order valence-electron chi connectivity index (χ0n) is 28.4. The van der Waals surface area contributed by atoms with Gasteiger partial charge < -0.3 is 35.4 Å². The molecule has 0 saturated carbocycles. The first kappa shape index (κ1) is 36.8. The summed E-state index contributed by atoms with van der Waals surface area (Å²) in [4.78, 5) is 98.2. The summed E-state index contributed by atoms with van der Waals surface area (Å²) in [6.45, 7) is 4.75. The number of benzene rings is 1. The summed E-state index contributed by atoms with van der Waals surface area (Å²) in [7, 11) is 1.46. The first-order valence-electron chi connectivity index (χ1n) is 16.7. The van der Waals surface area contributed by atoms with E-state index in [0.717, 1.165) is 5.56 Å². The highest BCUT2D eigenvalue weighted by molar-refractivity contribution is 5.98. The van der Waals surface area contributed by atoms with Gasteiger partial charge in [0, 0.05) is 32.6 Å². The van der Waals surface area contributed by atoms with Crippen LogP contribution in [0.2, 0.25) is 0 Å². The van der Waals surface area contributed by atoms with Crippen LogP contribution in [-0.4, -0.2) is 119 Å². The van der Waals surface area contributed by atoms with Crippen molar-refractivity contribution < 1.29 is 38.3 Å². The van der Waals surface area contributed by atoms with Crippen molar-refractivity contribution >= 4 is 41.4 Å². The number of cyclic esters (lactones) is 1. The fraction of sp³-hybridized carbons (Fsp3) is 0.514. The van der Waals surface area contributed by atoms with E-state index in [1.54, 1.807) is 43.3 Å². The Labute approximate surface area is 286 Å². The highest BCUT2D eigenvalue weighted by Gasteiger charge is 2.43. The molecule has 1 aromatic carbocycles. The molecule has 6 amide bonds. The van der Waals surface area contributed by atoms with Crippen LogP contribution in [0.15, 0.2) is 54.6 Å². The average Bonchev–Trinajstić information content (AvgIpc) is 3.79. The number of likely N-dealkylation sites (N-methyl/N-ethyl adjacent to an activating group) is 1. The van der Waals surface area contributed by atoms with Crippen LogP contribution in [0, 0.1) is 0 Å². The van der Waals surface area contributed by atoms with Crippen LogP contribution in [0.3, 0.4) is 0 Å². The van der Waals surface area contributed by atoms with E-state index in [0.29, 0.717) is 25.7 Å². The van der Waals surface area contributed by atoms with Crippen molar-refractivity contribution in [1.29, 1.82) is 0 Å². The number of carbonyl (C=O) groups is 7. The van der Waals surface area contributed by atoms with Gasteiger partial charge in [0.05, 0.1) is 0 Å². The van der Waals surface area contributed by atoms with Gasteiger partial charge in [-0.25, -0.2) is 4.79 Å². The molecule has 0 unspecified atom stereocenters. The van der Waals surface area contributed by atoms with Gasteiger partial charge in [0.15, 0.2) is 0 Å². The molecule has 0 spiro atoms. The molecular formula is C35H46N6O8. The lowest BCUT2D eigenvalue weighted by atomic mass is 10.0. The first-order chi connectivity index (χ1) is 23.4. The van der Waals surface area contributed by atoms with Gasteiger partial charge in [0.2, 0.25) is 35.4 Å². The lowest BCUT2D eigenvalue weighted by Gasteiger charge is -2.34. The van der Waals surface area contributed by atoms with Crippen LogP contribution in [0.1, 0.15) is 52.0 Å². The molecule has 3 aliphatic heterocycles. The summed E-state index contributed by atoms with van der Waals surface area (Å²) in [6.07, 6.45) is 7.97. The average molecular weight is 679 g/mol. The summed E-state index contributed by atoms with van der Waals surface area (Å²) in [5, 5.41) is 8.03. The Morgan fingerprint density at radius 2 is 1.59 bits per heavy atom. The van der Waals surface area contributed by atoms with Crippen molar-refractivity contribution in [2.45, 2.75) is 89.1 Å². The van der Waals surface area contributed by atoms with Crippen LogP contribution >= 0.6 is 0 Å². The number of ether oxygens (including phenoxy) is 1. The molecule has 0 aromatic heterocycles. The van der Waals surface area contributed by atoms with Gasteiger partial charge in [-0.15, -0.1) is 0 Å². The molecule has 3 saturated heterocycles. The highest BCUT2D eigenvalue weighted by Crippen LogP contribution is 2.23. The molecule has 6 atom stereocenters. The summed E-state index contributed by atoms with van der Waals surface area (Å²) in [6, 6.07) is 2.68. The van der Waals surface area contributed by atoms with Crippen LogP contribution in [-0.2, 0) is 44.7 Å². The van der Waals surface area contributed by atoms with Gasteiger partial charge in [-0.05, 0) is 52.0 Å². The van der Waals surface area contributed by atoms with Crippen LogP contribution < -0.4 is 16.0 Å². The third kappa shape index (κ3) is 9.12. The Kier molecular flexibility index (Phi) is 12.7. The van der Waals surface area contributed by atoms with Crippen molar-refractivity contribution in [1.82, 2.24) is 30.7 Å². The van der Waals surface area contributed by atoms with E-state index in [9.17, 15) is 33.6 Å². The summed E-state index contributed by atoms with van der Waals surface area (Å²) >= 11 is 0. The molecule has 0 radical (unpaired) electrons. The summed E-state index contributed by atoms with van der Waals surface area (Å²) < 4.78 is 5.62. The zero-order chi connectivity index (χ0) is 35.7. The summed E-state index contributed by atoms with van der Waals surface area (Å²) in [5.74, 6) is -4.16. The van der Waals surface area contributed by atoms with Gasteiger partial charge in [-0.3, -0.25) is 28.8 Å². The minimum Gasteiger partial charge on any atom is -0.461 e. The Morgan fingerprint density at radius 1 is 0.939 bits per heavy atom. The third-order valence-electron chi connectivity index (χ3n) is 9.14. The Hall–Kier alpha value is -5.01. The number of fused-ring (bicyclic) bond motifs is 2. The van der Waals surface area contributed by atoms with Crippen LogP contribution in [0.25, 0.3) is 0 Å². The number of esters is 1.